The van der Waals surface area contributed by atoms with Crippen molar-refractivity contribution < 1.29 is 23.9 Å². The molecule has 2 fully saturated rings. The molecule has 13 nitrogen and oxygen atoms in total. The van der Waals surface area contributed by atoms with E-state index in [-0.39, 0.29) is 54.9 Å². The van der Waals surface area contributed by atoms with Crippen LogP contribution in [0.4, 0.5) is 4.39 Å². The standard InChI is InChI=1S/C43H61ClFN9O4/c1-10-35-39(51-21-23-52(24-22-51)41(57)38-40(56)30(5)48-27-49-38)42(58)54(50-37(28(2)3)34(25-46-9)32-14-11-13-29(4)16-17-32)31(6)53(35)26-36(55)47-20-12-15-33(18-19-44)43(7,8)45/h12,15,18-20,25,27-29,37,50,56H,6,10-11,13-14,16-17,21-24,26H2,1-5,7-9H3,(H,47,55)/b19-18+,20-12+,33-15+,34-32+,46-25?. The minimum absolute atomic E-state index is 0.0426. The zero-order valence-corrected chi connectivity index (χ0v) is 36.1. The van der Waals surface area contributed by atoms with Crippen LogP contribution in [-0.2, 0) is 9.59 Å². The number of amides is 3. The molecule has 58 heavy (non-hydrogen) atoms. The zero-order chi connectivity index (χ0) is 42.7. The highest BCUT2D eigenvalue weighted by atomic mass is 35.5. The Labute approximate surface area is 348 Å². The van der Waals surface area contributed by atoms with Crippen LogP contribution < -0.4 is 10.7 Å². The molecule has 0 radical (unpaired) electrons. The van der Waals surface area contributed by atoms with Gasteiger partial charge in [-0.25, -0.2) is 24.8 Å². The van der Waals surface area contributed by atoms with Crippen LogP contribution >= 0.6 is 11.6 Å². The third-order valence-electron chi connectivity index (χ3n) is 10.9. The Kier molecular flexibility index (Phi) is 16.4. The normalized spacial score (nSPS) is 20.6. The van der Waals surface area contributed by atoms with Gasteiger partial charge in [0.2, 0.25) is 5.91 Å². The van der Waals surface area contributed by atoms with E-state index in [0.29, 0.717) is 53.9 Å². The van der Waals surface area contributed by atoms with E-state index in [2.05, 4.69) is 53.1 Å². The maximum atomic E-state index is 14.9. The van der Waals surface area contributed by atoms with Crippen LogP contribution in [0.1, 0.15) is 96.2 Å². The molecule has 2 atom stereocenters. The van der Waals surface area contributed by atoms with E-state index in [1.807, 2.05) is 18.0 Å². The van der Waals surface area contributed by atoms with Gasteiger partial charge in [-0.05, 0) is 88.0 Å². The number of hydrazine groups is 1. The number of alkyl halides is 1. The molecule has 0 aromatic carbocycles. The second kappa shape index (κ2) is 20.7. The van der Waals surface area contributed by atoms with Gasteiger partial charge in [0.15, 0.2) is 11.4 Å². The summed E-state index contributed by atoms with van der Waals surface area (Å²) in [5.74, 6) is -0.425. The van der Waals surface area contributed by atoms with Crippen molar-refractivity contribution in [3.05, 3.63) is 88.2 Å². The summed E-state index contributed by atoms with van der Waals surface area (Å²) < 4.78 is 14.7. The van der Waals surface area contributed by atoms with Gasteiger partial charge in [-0.15, -0.1) is 0 Å². The van der Waals surface area contributed by atoms with Gasteiger partial charge in [0, 0.05) is 56.9 Å². The van der Waals surface area contributed by atoms with Crippen molar-refractivity contribution in [3.63, 3.8) is 0 Å². The van der Waals surface area contributed by atoms with Crippen LogP contribution in [0.25, 0.3) is 0 Å². The zero-order valence-electron chi connectivity index (χ0n) is 35.3. The van der Waals surface area contributed by atoms with E-state index in [9.17, 15) is 23.9 Å². The highest BCUT2D eigenvalue weighted by Crippen LogP contribution is 2.34. The van der Waals surface area contributed by atoms with E-state index in [0.717, 1.165) is 37.7 Å². The first kappa shape index (κ1) is 45.9. The number of aliphatic imine (C=N–C) groups is 1. The molecule has 4 rings (SSSR count). The number of carbonyl (C=O) groups is 3. The Morgan fingerprint density at radius 3 is 2.50 bits per heavy atom. The number of hydrogen-bond donors (Lipinski definition) is 3. The molecule has 1 saturated heterocycles. The summed E-state index contributed by atoms with van der Waals surface area (Å²) in [5, 5.41) is 14.7. The Hall–Kier alpha value is -4.82. The van der Waals surface area contributed by atoms with Crippen molar-refractivity contribution in [1.82, 2.24) is 40.4 Å². The second-order valence-electron chi connectivity index (χ2n) is 15.9. The summed E-state index contributed by atoms with van der Waals surface area (Å²) in [4.78, 5) is 59.7. The van der Waals surface area contributed by atoms with Gasteiger partial charge in [0.1, 0.15) is 30.1 Å². The summed E-state index contributed by atoms with van der Waals surface area (Å²) in [5.41, 5.74) is 7.08. The summed E-state index contributed by atoms with van der Waals surface area (Å²) in [6.45, 7) is 18.2. The number of hydrogen-bond acceptors (Lipinski definition) is 10. The molecule has 1 saturated carbocycles. The molecule has 2 aliphatic heterocycles. The molecule has 1 aromatic rings. The van der Waals surface area contributed by atoms with E-state index < -0.39 is 11.6 Å². The van der Waals surface area contributed by atoms with Crippen molar-refractivity contribution in [1.29, 1.82) is 0 Å². The van der Waals surface area contributed by atoms with Gasteiger partial charge in [0.25, 0.3) is 11.8 Å². The van der Waals surface area contributed by atoms with Crippen LogP contribution in [0.15, 0.2) is 81.8 Å². The number of halogens is 2. The van der Waals surface area contributed by atoms with Crippen LogP contribution in [0, 0.1) is 18.8 Å². The van der Waals surface area contributed by atoms with Gasteiger partial charge < -0.3 is 25.1 Å². The monoisotopic (exact) mass is 821 g/mol. The molecule has 1 aromatic heterocycles. The van der Waals surface area contributed by atoms with Gasteiger partial charge in [-0.2, -0.15) is 0 Å². The SMILES string of the molecule is C=C1N(CC(=O)N/C=C/C=C(\C=C\Cl)C(C)(C)F)C(CC)=C(N2CCN(C(=O)c3ncnc(C)c3O)CC2)C(=O)N1NC(/C(C=NC)=C1\CCCC(C)CC1)C(C)C. The van der Waals surface area contributed by atoms with E-state index in [1.165, 1.54) is 60.7 Å². The number of rotatable bonds is 14. The first-order valence-corrected chi connectivity index (χ1v) is 20.6. The van der Waals surface area contributed by atoms with Crippen molar-refractivity contribution >= 4 is 35.5 Å². The molecular formula is C43H61ClFN9O4. The molecular weight excluding hydrogens is 761 g/mol. The number of carbonyl (C=O) groups excluding carboxylic acids is 3. The molecule has 1 aliphatic carbocycles. The van der Waals surface area contributed by atoms with Crippen molar-refractivity contribution in [2.45, 2.75) is 98.7 Å². The Bertz CT molecular complexity index is 1870. The number of piperazine rings is 1. The lowest BCUT2D eigenvalue weighted by atomic mass is 9.89. The molecule has 3 aliphatic rings. The van der Waals surface area contributed by atoms with Crippen LogP contribution in [0.3, 0.4) is 0 Å². The quantitative estimate of drug-likeness (QED) is 0.106. The first-order valence-electron chi connectivity index (χ1n) is 20.1. The number of aromatic nitrogens is 2. The molecule has 3 amide bonds. The molecule has 316 valence electrons. The van der Waals surface area contributed by atoms with E-state index >= 15 is 0 Å². The molecule has 3 N–H and O–H groups in total. The fraction of sp³-hybridized carbons (Fsp3) is 0.535. The van der Waals surface area contributed by atoms with Crippen LogP contribution in [0.2, 0.25) is 0 Å². The summed E-state index contributed by atoms with van der Waals surface area (Å²) in [7, 11) is 1.76. The Balaban J connectivity index is 1.70. The minimum Gasteiger partial charge on any atom is -0.504 e. The first-order chi connectivity index (χ1) is 27.5. The smallest absolute Gasteiger partial charge is 0.292 e. The molecule has 3 heterocycles. The van der Waals surface area contributed by atoms with Crippen LogP contribution in [0.5, 0.6) is 5.75 Å². The third-order valence-corrected chi connectivity index (χ3v) is 11.0. The lowest BCUT2D eigenvalue weighted by Crippen LogP contribution is -2.60. The average molecular weight is 822 g/mol. The van der Waals surface area contributed by atoms with Crippen molar-refractivity contribution in [2.24, 2.45) is 16.8 Å². The lowest BCUT2D eigenvalue weighted by Gasteiger charge is -2.46. The van der Waals surface area contributed by atoms with Crippen molar-refractivity contribution in [3.8, 4) is 5.75 Å². The van der Waals surface area contributed by atoms with Gasteiger partial charge in [-0.1, -0.05) is 63.9 Å². The highest BCUT2D eigenvalue weighted by molar-refractivity contribution is 6.25. The predicted octanol–water partition coefficient (Wildman–Crippen LogP) is 6.67. The Morgan fingerprint density at radius 1 is 1.17 bits per heavy atom. The maximum absolute atomic E-state index is 14.9. The summed E-state index contributed by atoms with van der Waals surface area (Å²) in [6.07, 6.45) is 14.7. The molecule has 0 bridgehead atoms. The molecule has 2 unspecified atom stereocenters. The fourth-order valence-corrected chi connectivity index (χ4v) is 7.68. The minimum atomic E-state index is -1.65. The maximum Gasteiger partial charge on any atom is 0.292 e. The second-order valence-corrected chi connectivity index (χ2v) is 16.1. The summed E-state index contributed by atoms with van der Waals surface area (Å²) >= 11 is 5.72. The topological polar surface area (TPSA) is 147 Å². The average Bonchev–Trinajstić information content (AvgIpc) is 3.40. The summed E-state index contributed by atoms with van der Waals surface area (Å²) in [6, 6.07) is -0.308. The fourth-order valence-electron chi connectivity index (χ4n) is 7.54. The number of aromatic hydroxyl groups is 1. The number of nitrogens with one attached hydrogen (secondary N) is 2. The lowest BCUT2D eigenvalue weighted by molar-refractivity contribution is -0.134. The van der Waals surface area contributed by atoms with E-state index in [4.69, 9.17) is 11.6 Å². The molecule has 15 heteroatoms. The predicted molar refractivity (Wildman–Crippen MR) is 227 cm³/mol. The van der Waals surface area contributed by atoms with Crippen molar-refractivity contribution in [2.75, 3.05) is 39.8 Å². The van der Waals surface area contributed by atoms with E-state index in [1.54, 1.807) is 23.8 Å². The molecule has 0 spiro atoms. The third kappa shape index (κ3) is 11.2. The van der Waals surface area contributed by atoms with Crippen LogP contribution in [-0.4, -0.2) is 110 Å². The number of nitrogens with zero attached hydrogens (tertiary/aromatic N) is 7. The Morgan fingerprint density at radius 2 is 1.88 bits per heavy atom. The van der Waals surface area contributed by atoms with Gasteiger partial charge in [-0.3, -0.25) is 19.4 Å². The largest absolute Gasteiger partial charge is 0.504 e. The highest BCUT2D eigenvalue weighted by Gasteiger charge is 2.41. The number of allylic oxidation sites excluding steroid dienone is 6. The van der Waals surface area contributed by atoms with Gasteiger partial charge >= 0.3 is 0 Å². The van der Waals surface area contributed by atoms with Gasteiger partial charge in [0.05, 0.1) is 11.7 Å². The number of aryl methyl sites for hydroxylation is 1.